The van der Waals surface area contributed by atoms with Crippen LogP contribution in [0, 0.1) is 0 Å². The van der Waals surface area contributed by atoms with Gasteiger partial charge in [-0.05, 0) is 77.0 Å². The zero-order valence-electron chi connectivity index (χ0n) is 35.5. The number of nitrogens with two attached hydrogens (primary N) is 1. The fourth-order valence-electron chi connectivity index (χ4n) is 5.72. The standard InChI is InChI=1S/C45H80NO10P/c1-3-5-7-9-11-13-15-17-18-19-20-21-23-25-27-29-31-35-45(50)56-41(40-55-57(51,52)54-38-37-46)39-53-44(49)36-32-34-43(48)42(47)33-30-28-26-24-22-16-14-12-10-8-6-4-2/h6,8,12,14,17-18,22,24,28,30,41-43,47-48H,3-5,7,9-11,13,15-16,19-21,23,25-27,29,31-40,46H2,1-2H3,(H,51,52)/b8-6-,14-12-,18-17-,24-22-,30-28-/t41-,42+,43+/m1/s1. The maximum absolute atomic E-state index is 12.6. The number of rotatable bonds is 40. The first-order valence-electron chi connectivity index (χ1n) is 21.9. The molecule has 5 N–H and O–H groups in total. The van der Waals surface area contributed by atoms with E-state index in [1.54, 1.807) is 0 Å². The summed E-state index contributed by atoms with van der Waals surface area (Å²) < 4.78 is 32.6. The summed E-state index contributed by atoms with van der Waals surface area (Å²) in [5, 5.41) is 20.6. The van der Waals surface area contributed by atoms with Crippen molar-refractivity contribution in [2.24, 2.45) is 5.73 Å². The van der Waals surface area contributed by atoms with Crippen LogP contribution in [0.25, 0.3) is 0 Å². The molecular formula is C45H80NO10P. The molecule has 0 aromatic rings. The maximum atomic E-state index is 12.6. The normalized spacial score (nSPS) is 15.0. The van der Waals surface area contributed by atoms with Gasteiger partial charge in [-0.2, -0.15) is 0 Å². The van der Waals surface area contributed by atoms with Gasteiger partial charge in [-0.1, -0.05) is 139 Å². The van der Waals surface area contributed by atoms with E-state index in [1.807, 2.05) is 18.2 Å². The average molecular weight is 826 g/mol. The number of hydrogen-bond donors (Lipinski definition) is 4. The highest BCUT2D eigenvalue weighted by Gasteiger charge is 2.26. The third-order valence-electron chi connectivity index (χ3n) is 9.09. The van der Waals surface area contributed by atoms with E-state index in [-0.39, 0.29) is 51.9 Å². The summed E-state index contributed by atoms with van der Waals surface area (Å²) in [4.78, 5) is 34.9. The molecule has 0 fully saturated rings. The van der Waals surface area contributed by atoms with Gasteiger partial charge in [0.2, 0.25) is 0 Å². The Bertz CT molecular complexity index is 1150. The van der Waals surface area contributed by atoms with E-state index in [9.17, 15) is 29.3 Å². The highest BCUT2D eigenvalue weighted by molar-refractivity contribution is 7.47. The van der Waals surface area contributed by atoms with Crippen molar-refractivity contribution in [1.29, 1.82) is 0 Å². The molecule has 0 spiro atoms. The van der Waals surface area contributed by atoms with Crippen molar-refractivity contribution in [3.8, 4) is 0 Å². The van der Waals surface area contributed by atoms with Crippen LogP contribution in [0.5, 0.6) is 0 Å². The van der Waals surface area contributed by atoms with Crippen molar-refractivity contribution in [3.05, 3.63) is 60.8 Å². The van der Waals surface area contributed by atoms with E-state index in [0.717, 1.165) is 51.4 Å². The largest absolute Gasteiger partial charge is 0.472 e. The van der Waals surface area contributed by atoms with Crippen molar-refractivity contribution in [3.63, 3.8) is 0 Å². The third kappa shape index (κ3) is 38.9. The van der Waals surface area contributed by atoms with Crippen LogP contribution in [-0.2, 0) is 32.7 Å². The van der Waals surface area contributed by atoms with Gasteiger partial charge in [0, 0.05) is 19.4 Å². The summed E-state index contributed by atoms with van der Waals surface area (Å²) in [5.74, 6) is -1.12. The Morgan fingerprint density at radius 2 is 1.14 bits per heavy atom. The van der Waals surface area contributed by atoms with Gasteiger partial charge in [-0.25, -0.2) is 4.57 Å². The molecule has 0 aromatic carbocycles. The molecule has 0 saturated heterocycles. The molecule has 1 unspecified atom stereocenters. The second-order valence-electron chi connectivity index (χ2n) is 14.5. The molecule has 0 radical (unpaired) electrons. The number of ether oxygens (including phenoxy) is 2. The second-order valence-corrected chi connectivity index (χ2v) is 15.9. The summed E-state index contributed by atoms with van der Waals surface area (Å²) in [6, 6.07) is 0. The Hall–Kier alpha value is -2.37. The van der Waals surface area contributed by atoms with Gasteiger partial charge in [0.05, 0.1) is 25.4 Å². The van der Waals surface area contributed by atoms with Gasteiger partial charge >= 0.3 is 19.8 Å². The summed E-state index contributed by atoms with van der Waals surface area (Å²) in [6.45, 7) is 3.26. The molecule has 330 valence electrons. The van der Waals surface area contributed by atoms with Crippen LogP contribution in [0.3, 0.4) is 0 Å². The molecule has 0 rings (SSSR count). The first-order chi connectivity index (χ1) is 27.6. The molecule has 0 heterocycles. The number of unbranched alkanes of at least 4 members (excludes halogenated alkanes) is 13. The predicted molar refractivity (Wildman–Crippen MR) is 231 cm³/mol. The van der Waals surface area contributed by atoms with Crippen LogP contribution in [0.2, 0.25) is 0 Å². The van der Waals surface area contributed by atoms with E-state index in [2.05, 4.69) is 56.4 Å². The van der Waals surface area contributed by atoms with Crippen molar-refractivity contribution in [1.82, 2.24) is 0 Å². The highest BCUT2D eigenvalue weighted by atomic mass is 31.2. The summed E-state index contributed by atoms with van der Waals surface area (Å²) in [7, 11) is -4.45. The van der Waals surface area contributed by atoms with Crippen LogP contribution in [0.1, 0.15) is 168 Å². The van der Waals surface area contributed by atoms with Crippen LogP contribution in [0.15, 0.2) is 60.8 Å². The molecular weight excluding hydrogens is 745 g/mol. The predicted octanol–water partition coefficient (Wildman–Crippen LogP) is 10.4. The van der Waals surface area contributed by atoms with Crippen LogP contribution in [-0.4, -0.2) is 71.7 Å². The van der Waals surface area contributed by atoms with Crippen LogP contribution in [0.4, 0.5) is 0 Å². The number of phosphoric ester groups is 1. The van der Waals surface area contributed by atoms with E-state index in [1.165, 1.54) is 64.2 Å². The number of carbonyl (C=O) groups excluding carboxylic acids is 2. The highest BCUT2D eigenvalue weighted by Crippen LogP contribution is 2.43. The lowest BCUT2D eigenvalue weighted by Gasteiger charge is -2.20. The third-order valence-corrected chi connectivity index (χ3v) is 10.1. The van der Waals surface area contributed by atoms with Gasteiger partial charge in [-0.15, -0.1) is 0 Å². The number of phosphoric acid groups is 1. The van der Waals surface area contributed by atoms with E-state index in [4.69, 9.17) is 24.3 Å². The summed E-state index contributed by atoms with van der Waals surface area (Å²) >= 11 is 0. The number of carbonyl (C=O) groups is 2. The van der Waals surface area contributed by atoms with Gasteiger partial charge in [-0.3, -0.25) is 18.6 Å². The maximum Gasteiger partial charge on any atom is 0.472 e. The SMILES string of the molecule is CC/C=C\C/C=C\C/C=C\C/C=C\C[C@H](O)[C@@H](O)CCCC(=O)OC[C@H](COP(=O)(O)OCCN)OC(=O)CCCCCCCCC/C=C\CCCCCCCC. The smallest absolute Gasteiger partial charge is 0.462 e. The molecule has 0 aliphatic heterocycles. The molecule has 12 heteroatoms. The fraction of sp³-hybridized carbons (Fsp3) is 0.733. The monoisotopic (exact) mass is 826 g/mol. The molecule has 0 bridgehead atoms. The Labute approximate surface area is 345 Å². The van der Waals surface area contributed by atoms with Gasteiger partial charge in [0.1, 0.15) is 6.61 Å². The topological polar surface area (TPSA) is 175 Å². The van der Waals surface area contributed by atoms with Crippen LogP contribution >= 0.6 is 7.82 Å². The number of aliphatic hydroxyl groups excluding tert-OH is 2. The van der Waals surface area contributed by atoms with Gasteiger partial charge in [0.25, 0.3) is 0 Å². The fourth-order valence-corrected chi connectivity index (χ4v) is 6.48. The molecule has 0 aromatic heterocycles. The summed E-state index contributed by atoms with van der Waals surface area (Å²) in [6.07, 6.45) is 40.0. The van der Waals surface area contributed by atoms with E-state index in [0.29, 0.717) is 6.42 Å². The zero-order valence-corrected chi connectivity index (χ0v) is 36.4. The Kier molecular flexibility index (Phi) is 38.7. The average Bonchev–Trinajstić information content (AvgIpc) is 3.19. The molecule has 11 nitrogen and oxygen atoms in total. The van der Waals surface area contributed by atoms with Gasteiger partial charge < -0.3 is 30.3 Å². The number of hydrogen-bond acceptors (Lipinski definition) is 10. The summed E-state index contributed by atoms with van der Waals surface area (Å²) in [5.41, 5.74) is 5.33. The lowest BCUT2D eigenvalue weighted by molar-refractivity contribution is -0.161. The quantitative estimate of drug-likeness (QED) is 0.0200. The van der Waals surface area contributed by atoms with Crippen LogP contribution < -0.4 is 5.73 Å². The number of allylic oxidation sites excluding steroid dienone is 9. The lowest BCUT2D eigenvalue weighted by atomic mass is 10.0. The van der Waals surface area contributed by atoms with Gasteiger partial charge in [0.15, 0.2) is 6.10 Å². The Morgan fingerprint density at radius 3 is 1.72 bits per heavy atom. The van der Waals surface area contributed by atoms with Crippen molar-refractivity contribution >= 4 is 19.8 Å². The Balaban J connectivity index is 4.40. The van der Waals surface area contributed by atoms with E-state index < -0.39 is 44.7 Å². The van der Waals surface area contributed by atoms with Crippen molar-refractivity contribution in [2.75, 3.05) is 26.4 Å². The zero-order chi connectivity index (χ0) is 42.1. The second kappa shape index (κ2) is 40.4. The first-order valence-corrected chi connectivity index (χ1v) is 23.4. The molecule has 0 saturated carbocycles. The lowest BCUT2D eigenvalue weighted by Crippen LogP contribution is -2.30. The molecule has 57 heavy (non-hydrogen) atoms. The first kappa shape index (κ1) is 54.6. The Morgan fingerprint density at radius 1 is 0.614 bits per heavy atom. The minimum atomic E-state index is -4.45. The number of aliphatic hydroxyl groups is 2. The van der Waals surface area contributed by atoms with Crippen molar-refractivity contribution < 1.29 is 47.8 Å². The molecule has 0 aliphatic carbocycles. The minimum absolute atomic E-state index is 0.0107. The molecule has 0 amide bonds. The molecule has 4 atom stereocenters. The molecule has 0 aliphatic rings. The minimum Gasteiger partial charge on any atom is -0.462 e. The van der Waals surface area contributed by atoms with E-state index >= 15 is 0 Å². The number of esters is 2. The van der Waals surface area contributed by atoms with Crippen molar-refractivity contribution in [2.45, 2.75) is 186 Å².